The highest BCUT2D eigenvalue weighted by Gasteiger charge is 2.27. The van der Waals surface area contributed by atoms with E-state index in [2.05, 4.69) is 16.6 Å². The summed E-state index contributed by atoms with van der Waals surface area (Å²) in [6, 6.07) is 19.2. The molecule has 3 aromatic rings. The molecule has 3 nitrogen and oxygen atoms in total. The summed E-state index contributed by atoms with van der Waals surface area (Å²) in [7, 11) is -1.75. The highest BCUT2D eigenvalue weighted by atomic mass is 35.5. The molecule has 1 N–H and O–H groups in total. The van der Waals surface area contributed by atoms with Gasteiger partial charge in [0.25, 0.3) is 0 Å². The second kappa shape index (κ2) is 8.66. The van der Waals surface area contributed by atoms with Crippen molar-refractivity contribution in [2.75, 3.05) is 4.72 Å². The summed E-state index contributed by atoms with van der Waals surface area (Å²) in [5.41, 5.74) is 3.05. The van der Waals surface area contributed by atoms with E-state index in [9.17, 15) is 13.4 Å². The number of hydrogen-bond donors (Lipinski definition) is 1. The molecule has 1 aliphatic rings. The lowest BCUT2D eigenvalue weighted by Crippen LogP contribution is -2.22. The van der Waals surface area contributed by atoms with E-state index in [1.54, 1.807) is 24.3 Å². The number of halogens is 2. The molecule has 0 saturated carbocycles. The van der Waals surface area contributed by atoms with Crippen molar-refractivity contribution in [3.05, 3.63) is 105 Å². The van der Waals surface area contributed by atoms with Crippen LogP contribution in [-0.2, 0) is 17.4 Å². The number of allylic oxidation sites excluding steroid dienone is 1. The summed E-state index contributed by atoms with van der Waals surface area (Å²) in [6.45, 7) is 0. The standard InChI is InChI=1S/C24H15ClFNO2S/c25-20-11-9-18(14-21(20)26)15-23-24(28)19-13-17(10-12-22(19)27-30(23)29)8-4-7-16-5-2-1-3-6-16/h1-3,5-6,9-15,27H,7H2/b23-15+. The number of anilines is 1. The van der Waals surface area contributed by atoms with Crippen LogP contribution in [0.25, 0.3) is 6.08 Å². The molecule has 0 saturated heterocycles. The Hall–Kier alpha value is -3.20. The Labute approximate surface area is 181 Å². The Morgan fingerprint density at radius 3 is 2.63 bits per heavy atom. The zero-order valence-electron chi connectivity index (χ0n) is 15.6. The highest BCUT2D eigenvalue weighted by molar-refractivity contribution is 7.91. The molecule has 0 amide bonds. The zero-order valence-corrected chi connectivity index (χ0v) is 17.2. The van der Waals surface area contributed by atoms with Gasteiger partial charge < -0.3 is 4.72 Å². The SMILES string of the molecule is O=C1/C(=C\c2ccc(Cl)c(F)c2)S(=O)Nc2ccc(C#CCc3ccccc3)cc21. The second-order valence-corrected chi connectivity index (χ2v) is 8.20. The van der Waals surface area contributed by atoms with Gasteiger partial charge in [-0.2, -0.15) is 0 Å². The maximum absolute atomic E-state index is 13.7. The molecule has 148 valence electrons. The van der Waals surface area contributed by atoms with Gasteiger partial charge in [0, 0.05) is 17.5 Å². The van der Waals surface area contributed by atoms with Crippen LogP contribution in [0.1, 0.15) is 27.0 Å². The smallest absolute Gasteiger partial charge is 0.205 e. The first-order valence-corrected chi connectivity index (χ1v) is 10.6. The largest absolute Gasteiger partial charge is 0.300 e. The van der Waals surface area contributed by atoms with Gasteiger partial charge in [-0.15, -0.1) is 0 Å². The van der Waals surface area contributed by atoms with E-state index in [0.717, 1.165) is 5.56 Å². The molecule has 6 heteroatoms. The topological polar surface area (TPSA) is 46.2 Å². The molecule has 1 heterocycles. The Kier molecular flexibility index (Phi) is 5.80. The first-order chi connectivity index (χ1) is 14.5. The molecule has 1 aliphatic heterocycles. The quantitative estimate of drug-likeness (QED) is 0.433. The van der Waals surface area contributed by atoms with Gasteiger partial charge in [-0.3, -0.25) is 4.79 Å². The number of carbonyl (C=O) groups excluding carboxylic acids is 1. The summed E-state index contributed by atoms with van der Waals surface area (Å²) < 4.78 is 29.0. The number of Topliss-reactive ketones (excluding diaryl/α,β-unsaturated/α-hetero) is 1. The van der Waals surface area contributed by atoms with Gasteiger partial charge >= 0.3 is 0 Å². The number of benzene rings is 3. The van der Waals surface area contributed by atoms with Crippen LogP contribution < -0.4 is 4.72 Å². The Bertz CT molecular complexity index is 1260. The van der Waals surface area contributed by atoms with Crippen molar-refractivity contribution in [2.24, 2.45) is 0 Å². The molecule has 0 spiro atoms. The first-order valence-electron chi connectivity index (χ1n) is 9.08. The van der Waals surface area contributed by atoms with Gasteiger partial charge in [0.15, 0.2) is 11.0 Å². The Balaban J connectivity index is 1.62. The van der Waals surface area contributed by atoms with E-state index in [4.69, 9.17) is 11.6 Å². The lowest BCUT2D eigenvalue weighted by Gasteiger charge is -2.19. The fraction of sp³-hybridized carbons (Fsp3) is 0.0417. The number of rotatable bonds is 2. The summed E-state index contributed by atoms with van der Waals surface area (Å²) in [5.74, 6) is 5.17. The number of nitrogens with one attached hydrogen (secondary N) is 1. The molecule has 0 fully saturated rings. The van der Waals surface area contributed by atoms with Crippen LogP contribution in [0.4, 0.5) is 10.1 Å². The molecule has 4 rings (SSSR count). The fourth-order valence-electron chi connectivity index (χ4n) is 2.99. The van der Waals surface area contributed by atoms with Crippen molar-refractivity contribution >= 4 is 40.1 Å². The van der Waals surface area contributed by atoms with E-state index in [1.807, 2.05) is 30.3 Å². The molecular formula is C24H15ClFNO2S. The number of hydrogen-bond acceptors (Lipinski definition) is 2. The third-order valence-corrected chi connectivity index (χ3v) is 5.91. The molecule has 1 atom stereocenters. The highest BCUT2D eigenvalue weighted by Crippen LogP contribution is 2.30. The summed E-state index contributed by atoms with van der Waals surface area (Å²) in [4.78, 5) is 13.0. The van der Waals surface area contributed by atoms with Crippen LogP contribution in [-0.4, -0.2) is 9.99 Å². The minimum atomic E-state index is -1.75. The zero-order chi connectivity index (χ0) is 21.1. The second-order valence-electron chi connectivity index (χ2n) is 6.61. The lowest BCUT2D eigenvalue weighted by atomic mass is 10.0. The molecule has 0 bridgehead atoms. The predicted octanol–water partition coefficient (Wildman–Crippen LogP) is 5.39. The molecule has 1 unspecified atom stereocenters. The Morgan fingerprint density at radius 1 is 1.07 bits per heavy atom. The van der Waals surface area contributed by atoms with Gasteiger partial charge in [0.1, 0.15) is 10.7 Å². The number of ketones is 1. The van der Waals surface area contributed by atoms with Gasteiger partial charge in [0.2, 0.25) is 5.78 Å². The monoisotopic (exact) mass is 435 g/mol. The predicted molar refractivity (Wildman–Crippen MR) is 119 cm³/mol. The minimum absolute atomic E-state index is 0.0181. The van der Waals surface area contributed by atoms with Crippen LogP contribution in [0, 0.1) is 17.7 Å². The van der Waals surface area contributed by atoms with Crippen LogP contribution in [0.3, 0.4) is 0 Å². The van der Waals surface area contributed by atoms with Gasteiger partial charge in [-0.1, -0.05) is 59.8 Å². The minimum Gasteiger partial charge on any atom is -0.300 e. The van der Waals surface area contributed by atoms with Crippen LogP contribution in [0.5, 0.6) is 0 Å². The van der Waals surface area contributed by atoms with Gasteiger partial charge in [-0.05, 0) is 47.5 Å². The van der Waals surface area contributed by atoms with Crippen molar-refractivity contribution in [2.45, 2.75) is 6.42 Å². The van der Waals surface area contributed by atoms with E-state index in [0.29, 0.717) is 28.8 Å². The molecule has 3 aromatic carbocycles. The molecule has 0 aliphatic carbocycles. The van der Waals surface area contributed by atoms with E-state index < -0.39 is 16.8 Å². The lowest BCUT2D eigenvalue weighted by molar-refractivity contribution is 0.104. The van der Waals surface area contributed by atoms with Crippen molar-refractivity contribution in [1.82, 2.24) is 0 Å². The first kappa shape index (κ1) is 20.1. The maximum atomic E-state index is 13.7. The van der Waals surface area contributed by atoms with E-state index in [-0.39, 0.29) is 15.7 Å². The van der Waals surface area contributed by atoms with E-state index in [1.165, 1.54) is 18.2 Å². The third kappa shape index (κ3) is 4.35. The van der Waals surface area contributed by atoms with Crippen LogP contribution >= 0.6 is 11.6 Å². The maximum Gasteiger partial charge on any atom is 0.205 e. The summed E-state index contributed by atoms with van der Waals surface area (Å²) in [5, 5.41) is -0.0181. The van der Waals surface area contributed by atoms with Gasteiger partial charge in [0.05, 0.1) is 10.7 Å². The van der Waals surface area contributed by atoms with Crippen LogP contribution in [0.2, 0.25) is 5.02 Å². The van der Waals surface area contributed by atoms with Crippen molar-refractivity contribution in [3.8, 4) is 11.8 Å². The van der Waals surface area contributed by atoms with Crippen molar-refractivity contribution < 1.29 is 13.4 Å². The average Bonchev–Trinajstić information content (AvgIpc) is 2.75. The molecule has 0 aromatic heterocycles. The summed E-state index contributed by atoms with van der Waals surface area (Å²) >= 11 is 5.70. The molecule has 0 radical (unpaired) electrons. The van der Waals surface area contributed by atoms with Gasteiger partial charge in [-0.25, -0.2) is 8.60 Å². The summed E-state index contributed by atoms with van der Waals surface area (Å²) in [6.07, 6.45) is 2.00. The molecular weight excluding hydrogens is 421 g/mol. The fourth-order valence-corrected chi connectivity index (χ4v) is 4.11. The number of carbonyl (C=O) groups is 1. The number of fused-ring (bicyclic) bond motifs is 1. The van der Waals surface area contributed by atoms with Crippen molar-refractivity contribution in [1.29, 1.82) is 0 Å². The van der Waals surface area contributed by atoms with Crippen LogP contribution in [0.15, 0.2) is 71.6 Å². The van der Waals surface area contributed by atoms with Crippen molar-refractivity contribution in [3.63, 3.8) is 0 Å². The Morgan fingerprint density at radius 2 is 1.87 bits per heavy atom. The van der Waals surface area contributed by atoms with E-state index >= 15 is 0 Å². The normalized spacial score (nSPS) is 16.4. The molecule has 30 heavy (non-hydrogen) atoms. The third-order valence-electron chi connectivity index (χ3n) is 4.50. The average molecular weight is 436 g/mol.